The Balaban J connectivity index is 2.51. The molecule has 120 valence electrons. The minimum atomic E-state index is -0.401. The maximum absolute atomic E-state index is 11.7. The Hall–Kier alpha value is -2.18. The summed E-state index contributed by atoms with van der Waals surface area (Å²) in [6.07, 6.45) is 5.03. The van der Waals surface area contributed by atoms with Gasteiger partial charge in [-0.15, -0.1) is 11.3 Å². The summed E-state index contributed by atoms with van der Waals surface area (Å²) in [5.74, 6) is 0.344. The molecule has 0 aliphatic carbocycles. The SMILES string of the molecule is C=CCOc1ccccc1/C=c1\sc(=S)[nH]\c1=C/C(=O)OCC. The van der Waals surface area contributed by atoms with E-state index in [1.807, 2.05) is 30.3 Å². The molecule has 0 spiro atoms. The van der Waals surface area contributed by atoms with Crippen LogP contribution in [0.4, 0.5) is 0 Å². The number of aromatic nitrogens is 1. The van der Waals surface area contributed by atoms with E-state index in [-0.39, 0.29) is 0 Å². The van der Waals surface area contributed by atoms with Crippen molar-refractivity contribution in [1.82, 2.24) is 4.98 Å². The van der Waals surface area contributed by atoms with Gasteiger partial charge in [0.2, 0.25) is 0 Å². The summed E-state index contributed by atoms with van der Waals surface area (Å²) in [5.41, 5.74) is 0.901. The Labute approximate surface area is 143 Å². The zero-order valence-electron chi connectivity index (χ0n) is 12.7. The predicted molar refractivity (Wildman–Crippen MR) is 95.6 cm³/mol. The average molecular weight is 347 g/mol. The van der Waals surface area contributed by atoms with Crippen LogP contribution >= 0.6 is 23.6 Å². The van der Waals surface area contributed by atoms with E-state index in [9.17, 15) is 4.79 Å². The number of esters is 1. The molecule has 0 aliphatic heterocycles. The van der Waals surface area contributed by atoms with E-state index >= 15 is 0 Å². The first-order valence-corrected chi connectivity index (χ1v) is 8.28. The van der Waals surface area contributed by atoms with Gasteiger partial charge in [0.1, 0.15) is 12.4 Å². The number of rotatable bonds is 6. The van der Waals surface area contributed by atoms with Gasteiger partial charge in [-0.25, -0.2) is 4.79 Å². The number of carbonyl (C=O) groups is 1. The molecule has 0 aliphatic rings. The van der Waals surface area contributed by atoms with Crippen LogP contribution in [0.2, 0.25) is 0 Å². The second kappa shape index (κ2) is 8.45. The lowest BCUT2D eigenvalue weighted by Crippen LogP contribution is -2.23. The molecular weight excluding hydrogens is 330 g/mol. The number of thiazole rings is 1. The Bertz CT molecular complexity index is 864. The molecule has 0 amide bonds. The van der Waals surface area contributed by atoms with Crippen LogP contribution in [0.1, 0.15) is 12.5 Å². The smallest absolute Gasteiger partial charge is 0.332 e. The van der Waals surface area contributed by atoms with E-state index in [1.54, 1.807) is 13.0 Å². The molecule has 23 heavy (non-hydrogen) atoms. The molecule has 1 heterocycles. The second-order valence-corrected chi connectivity index (χ2v) is 6.19. The third-order valence-electron chi connectivity index (χ3n) is 2.82. The van der Waals surface area contributed by atoms with Crippen molar-refractivity contribution in [3.63, 3.8) is 0 Å². The van der Waals surface area contributed by atoms with Crippen molar-refractivity contribution >= 4 is 41.7 Å². The molecule has 0 saturated carbocycles. The summed E-state index contributed by atoms with van der Waals surface area (Å²) >= 11 is 6.57. The van der Waals surface area contributed by atoms with Crippen LogP contribution in [0.25, 0.3) is 12.2 Å². The first kappa shape index (κ1) is 17.2. The molecule has 0 atom stereocenters. The second-order valence-electron chi connectivity index (χ2n) is 4.47. The molecule has 1 aromatic heterocycles. The van der Waals surface area contributed by atoms with Gasteiger partial charge in [0, 0.05) is 11.6 Å². The third kappa shape index (κ3) is 4.91. The zero-order chi connectivity index (χ0) is 16.7. The number of carbonyl (C=O) groups excluding carboxylic acids is 1. The van der Waals surface area contributed by atoms with Crippen molar-refractivity contribution in [2.24, 2.45) is 0 Å². The first-order valence-electron chi connectivity index (χ1n) is 7.06. The third-order valence-corrected chi connectivity index (χ3v) is 4.01. The summed E-state index contributed by atoms with van der Waals surface area (Å²) in [7, 11) is 0. The molecule has 0 saturated heterocycles. The van der Waals surface area contributed by atoms with Crippen LogP contribution in [-0.4, -0.2) is 24.2 Å². The van der Waals surface area contributed by atoms with Gasteiger partial charge >= 0.3 is 5.97 Å². The van der Waals surface area contributed by atoms with Gasteiger partial charge < -0.3 is 14.5 Å². The molecule has 0 bridgehead atoms. The Kier molecular flexibility index (Phi) is 6.31. The highest BCUT2D eigenvalue weighted by molar-refractivity contribution is 7.73. The van der Waals surface area contributed by atoms with Crippen molar-refractivity contribution in [3.05, 3.63) is 56.3 Å². The zero-order valence-corrected chi connectivity index (χ0v) is 14.3. The van der Waals surface area contributed by atoms with Crippen molar-refractivity contribution < 1.29 is 14.3 Å². The number of para-hydroxylation sites is 1. The summed E-state index contributed by atoms with van der Waals surface area (Å²) < 4.78 is 12.0. The fraction of sp³-hybridized carbons (Fsp3) is 0.176. The van der Waals surface area contributed by atoms with E-state index in [4.69, 9.17) is 21.7 Å². The normalized spacial score (nSPS) is 12.2. The van der Waals surface area contributed by atoms with Crippen LogP contribution in [0.15, 0.2) is 36.9 Å². The number of nitrogens with one attached hydrogen (secondary N) is 1. The molecule has 6 heteroatoms. The number of hydrogen-bond donors (Lipinski definition) is 1. The quantitative estimate of drug-likeness (QED) is 0.496. The van der Waals surface area contributed by atoms with Gasteiger partial charge in [-0.05, 0) is 31.3 Å². The molecule has 1 aromatic carbocycles. The average Bonchev–Trinajstić information content (AvgIpc) is 2.86. The monoisotopic (exact) mass is 347 g/mol. The molecule has 0 unspecified atom stereocenters. The number of hydrogen-bond acceptors (Lipinski definition) is 5. The van der Waals surface area contributed by atoms with E-state index in [0.29, 0.717) is 22.5 Å². The van der Waals surface area contributed by atoms with Crippen molar-refractivity contribution in [2.45, 2.75) is 6.92 Å². The standard InChI is InChI=1S/C17H17NO3S2/c1-3-9-21-14-8-6-5-7-12(14)10-15-13(18-17(22)23-15)11-16(19)20-4-2/h3,5-8,10-11H,1,4,9H2,2H3,(H,18,22)/b13-11-,15-10-. The summed E-state index contributed by atoms with van der Waals surface area (Å²) in [5, 5.41) is 0.636. The van der Waals surface area contributed by atoms with Crippen LogP contribution in [-0.2, 0) is 9.53 Å². The van der Waals surface area contributed by atoms with Crippen LogP contribution < -0.4 is 14.6 Å². The molecular formula is C17H17NO3S2. The van der Waals surface area contributed by atoms with E-state index in [1.165, 1.54) is 17.4 Å². The van der Waals surface area contributed by atoms with Crippen molar-refractivity contribution in [1.29, 1.82) is 0 Å². The molecule has 4 nitrogen and oxygen atoms in total. The number of H-pyrrole nitrogens is 1. The highest BCUT2D eigenvalue weighted by atomic mass is 32.1. The van der Waals surface area contributed by atoms with Crippen molar-refractivity contribution in [3.8, 4) is 5.75 Å². The maximum Gasteiger partial charge on any atom is 0.332 e. The lowest BCUT2D eigenvalue weighted by molar-refractivity contribution is -0.135. The topological polar surface area (TPSA) is 51.3 Å². The van der Waals surface area contributed by atoms with Crippen LogP contribution in [0.5, 0.6) is 5.75 Å². The number of benzene rings is 1. The minimum absolute atomic E-state index is 0.331. The van der Waals surface area contributed by atoms with Crippen LogP contribution in [0, 0.1) is 3.95 Å². The van der Waals surface area contributed by atoms with Gasteiger partial charge in [-0.3, -0.25) is 0 Å². The largest absolute Gasteiger partial charge is 0.489 e. The fourth-order valence-electron chi connectivity index (χ4n) is 1.89. The highest BCUT2D eigenvalue weighted by Crippen LogP contribution is 2.18. The van der Waals surface area contributed by atoms with Gasteiger partial charge in [0.15, 0.2) is 3.95 Å². The van der Waals surface area contributed by atoms with E-state index < -0.39 is 5.97 Å². The van der Waals surface area contributed by atoms with E-state index in [0.717, 1.165) is 15.8 Å². The summed E-state index contributed by atoms with van der Waals surface area (Å²) in [6.45, 7) is 6.17. The highest BCUT2D eigenvalue weighted by Gasteiger charge is 2.02. The molecule has 1 N–H and O–H groups in total. The molecule has 0 radical (unpaired) electrons. The van der Waals surface area contributed by atoms with Crippen LogP contribution in [0.3, 0.4) is 0 Å². The Morgan fingerprint density at radius 3 is 2.96 bits per heavy atom. The summed E-state index contributed by atoms with van der Waals surface area (Å²) in [4.78, 5) is 14.7. The Morgan fingerprint density at radius 2 is 2.22 bits per heavy atom. The predicted octanol–water partition coefficient (Wildman–Crippen LogP) is 2.54. The lowest BCUT2D eigenvalue weighted by Gasteiger charge is -2.06. The van der Waals surface area contributed by atoms with Crippen molar-refractivity contribution in [2.75, 3.05) is 13.2 Å². The van der Waals surface area contributed by atoms with Gasteiger partial charge in [0.25, 0.3) is 0 Å². The molecule has 2 rings (SSSR count). The van der Waals surface area contributed by atoms with E-state index in [2.05, 4.69) is 11.6 Å². The molecule has 0 fully saturated rings. The summed E-state index contributed by atoms with van der Waals surface area (Å²) in [6, 6.07) is 7.65. The van der Waals surface area contributed by atoms with Gasteiger partial charge in [-0.2, -0.15) is 0 Å². The van der Waals surface area contributed by atoms with Gasteiger partial charge in [0.05, 0.1) is 16.5 Å². The minimum Gasteiger partial charge on any atom is -0.489 e. The first-order chi connectivity index (χ1) is 11.1. The fourth-order valence-corrected chi connectivity index (χ4v) is 3.04. The number of ether oxygens (including phenoxy) is 2. The maximum atomic E-state index is 11.7. The molecule has 2 aromatic rings. The van der Waals surface area contributed by atoms with Gasteiger partial charge in [-0.1, -0.05) is 30.9 Å². The number of aromatic amines is 1. The Morgan fingerprint density at radius 1 is 1.43 bits per heavy atom. The lowest BCUT2D eigenvalue weighted by atomic mass is 10.2.